The van der Waals surface area contributed by atoms with Crippen molar-refractivity contribution in [2.45, 2.75) is 52.1 Å². The molecule has 1 saturated carbocycles. The molecular weight excluding hydrogens is 505 g/mol. The maximum Gasteiger partial charge on any atom is 0.307 e. The second kappa shape index (κ2) is 10.1. The van der Waals surface area contributed by atoms with Gasteiger partial charge in [0.1, 0.15) is 22.3 Å². The van der Waals surface area contributed by atoms with Crippen molar-refractivity contribution in [3.63, 3.8) is 0 Å². The molecule has 2 aliphatic rings. The van der Waals surface area contributed by atoms with Crippen molar-refractivity contribution < 1.29 is 27.4 Å². The van der Waals surface area contributed by atoms with E-state index in [1.54, 1.807) is 12.3 Å². The van der Waals surface area contributed by atoms with E-state index in [0.717, 1.165) is 51.8 Å². The molecule has 0 aliphatic heterocycles. The summed E-state index contributed by atoms with van der Waals surface area (Å²) < 4.78 is 43.3. The zero-order valence-electron chi connectivity index (χ0n) is 21.8. The molecule has 0 radical (unpaired) electrons. The lowest BCUT2D eigenvalue weighted by Crippen LogP contribution is -2.06. The van der Waals surface area contributed by atoms with Gasteiger partial charge in [-0.3, -0.25) is 4.79 Å². The highest BCUT2D eigenvalue weighted by atomic mass is 32.2. The highest BCUT2D eigenvalue weighted by Gasteiger charge is 2.59. The molecule has 6 nitrogen and oxygen atoms in total. The molecule has 38 heavy (non-hydrogen) atoms. The second-order valence-electron chi connectivity index (χ2n) is 10.8. The molecule has 8 heteroatoms. The number of fused-ring (bicyclic) bond motifs is 3. The molecule has 2 aromatic carbocycles. The molecule has 1 heterocycles. The molecule has 1 aromatic heterocycles. The van der Waals surface area contributed by atoms with Crippen LogP contribution in [0.4, 0.5) is 4.39 Å². The van der Waals surface area contributed by atoms with Crippen molar-refractivity contribution >= 4 is 15.8 Å². The first-order valence-electron chi connectivity index (χ1n) is 12.9. The Morgan fingerprint density at radius 1 is 1.13 bits per heavy atom. The molecule has 0 saturated heterocycles. The maximum atomic E-state index is 14.7. The number of carboxylic acids is 1. The van der Waals surface area contributed by atoms with Crippen LogP contribution in [0.25, 0.3) is 11.1 Å². The maximum absolute atomic E-state index is 14.7. The molecule has 3 atom stereocenters. The van der Waals surface area contributed by atoms with E-state index in [-0.39, 0.29) is 35.9 Å². The zero-order chi connectivity index (χ0) is 27.2. The third-order valence-electron chi connectivity index (χ3n) is 7.80. The van der Waals surface area contributed by atoms with Gasteiger partial charge < -0.3 is 9.84 Å². The van der Waals surface area contributed by atoms with Gasteiger partial charge in [0.25, 0.3) is 0 Å². The van der Waals surface area contributed by atoms with Gasteiger partial charge in [0, 0.05) is 35.8 Å². The highest BCUT2D eigenvalue weighted by Crippen LogP contribution is 2.61. The van der Waals surface area contributed by atoms with E-state index in [1.165, 1.54) is 12.3 Å². The lowest BCUT2D eigenvalue weighted by molar-refractivity contribution is -0.139. The van der Waals surface area contributed by atoms with Gasteiger partial charge in [0.05, 0.1) is 5.92 Å². The van der Waals surface area contributed by atoms with Crippen LogP contribution >= 0.6 is 0 Å². The van der Waals surface area contributed by atoms with E-state index >= 15 is 0 Å². The number of sulfone groups is 1. The summed E-state index contributed by atoms with van der Waals surface area (Å²) in [4.78, 5) is 15.7. The Balaban J connectivity index is 1.27. The Morgan fingerprint density at radius 2 is 1.87 bits per heavy atom. The molecule has 1 N–H and O–H groups in total. The molecule has 0 bridgehead atoms. The fourth-order valence-electron chi connectivity index (χ4n) is 6.02. The van der Waals surface area contributed by atoms with Gasteiger partial charge in [-0.2, -0.15) is 0 Å². The van der Waals surface area contributed by atoms with E-state index in [4.69, 9.17) is 4.74 Å². The van der Waals surface area contributed by atoms with Crippen molar-refractivity contribution in [2.75, 3.05) is 12.0 Å². The molecule has 0 amide bonds. The number of halogens is 1. The number of aryl methyl sites for hydroxylation is 3. The average molecular weight is 538 g/mol. The average Bonchev–Trinajstić information content (AvgIpc) is 3.43. The summed E-state index contributed by atoms with van der Waals surface area (Å²) in [6, 6.07) is 11.1. The van der Waals surface area contributed by atoms with Crippen molar-refractivity contribution in [1.82, 2.24) is 4.98 Å². The van der Waals surface area contributed by atoms with E-state index < -0.39 is 15.8 Å². The standard InChI is InChI=1S/C30H32FNO5S/c1-17-10-19(6-4-5-9-38(3,35)36)11-18(2)27(17)20-7-8-25(31)22(12-20)16-37-26-14-21-13-23-28(24(21)15-32-26)29(23)30(33)34/h7-8,10-12,14-15,23,28-29H,4-6,9,13,16H2,1-3H3,(H,33,34)/t23-,28-,29+/m1/s1. The molecule has 3 aromatic rings. The predicted octanol–water partition coefficient (Wildman–Crippen LogP) is 5.42. The van der Waals surface area contributed by atoms with Gasteiger partial charge in [0.2, 0.25) is 5.88 Å². The van der Waals surface area contributed by atoms with Crippen LogP contribution in [0.3, 0.4) is 0 Å². The number of unbranched alkanes of at least 4 members (excludes halogenated alkanes) is 1. The summed E-state index contributed by atoms with van der Waals surface area (Å²) in [6.07, 6.45) is 5.95. The van der Waals surface area contributed by atoms with E-state index in [1.807, 2.05) is 26.0 Å². The van der Waals surface area contributed by atoms with Crippen LogP contribution in [0.2, 0.25) is 0 Å². The number of hydrogen-bond acceptors (Lipinski definition) is 5. The molecule has 2 aliphatic carbocycles. The van der Waals surface area contributed by atoms with Crippen LogP contribution in [0.15, 0.2) is 42.6 Å². The normalized spacial score (nSPS) is 19.6. The molecule has 0 unspecified atom stereocenters. The van der Waals surface area contributed by atoms with Gasteiger partial charge in [-0.05, 0) is 96.5 Å². The number of carbonyl (C=O) groups is 1. The molecule has 5 rings (SSSR count). The van der Waals surface area contributed by atoms with Gasteiger partial charge in [0.15, 0.2) is 0 Å². The Hall–Kier alpha value is -3.26. The monoisotopic (exact) mass is 537 g/mol. The van der Waals surface area contributed by atoms with Crippen molar-refractivity contribution in [1.29, 1.82) is 0 Å². The van der Waals surface area contributed by atoms with Crippen molar-refractivity contribution in [3.05, 3.63) is 81.8 Å². The Bertz CT molecular complexity index is 1490. The minimum Gasteiger partial charge on any atom is -0.481 e. The Morgan fingerprint density at radius 3 is 2.55 bits per heavy atom. The minimum absolute atomic E-state index is 0.0343. The summed E-state index contributed by atoms with van der Waals surface area (Å²) in [5.74, 6) is -0.564. The first-order valence-corrected chi connectivity index (χ1v) is 15.0. The summed E-state index contributed by atoms with van der Waals surface area (Å²) >= 11 is 0. The number of hydrogen-bond donors (Lipinski definition) is 1. The van der Waals surface area contributed by atoms with Crippen LogP contribution in [0.5, 0.6) is 5.88 Å². The number of rotatable bonds is 10. The highest BCUT2D eigenvalue weighted by molar-refractivity contribution is 7.90. The Labute approximate surface area is 222 Å². The fourth-order valence-corrected chi connectivity index (χ4v) is 6.75. The molecule has 200 valence electrons. The van der Waals surface area contributed by atoms with E-state index in [9.17, 15) is 22.7 Å². The lowest BCUT2D eigenvalue weighted by Gasteiger charge is -2.15. The smallest absolute Gasteiger partial charge is 0.307 e. The number of carboxylic acid groups (broad SMARTS) is 1. The SMILES string of the molecule is Cc1cc(CCCCS(C)(=O)=O)cc(C)c1-c1ccc(F)c(COc2cc3c(cn2)[C@H]2[C@@H](C3)[C@@H]2C(=O)O)c1. The second-order valence-corrected chi connectivity index (χ2v) is 13.0. The van der Waals surface area contributed by atoms with E-state index in [2.05, 4.69) is 17.1 Å². The fraction of sp³-hybridized carbons (Fsp3) is 0.400. The van der Waals surface area contributed by atoms with Gasteiger partial charge in [-0.15, -0.1) is 0 Å². The molecule has 0 spiro atoms. The number of pyridine rings is 1. The molecule has 1 fully saturated rings. The number of benzene rings is 2. The minimum atomic E-state index is -2.94. The van der Waals surface area contributed by atoms with Gasteiger partial charge >= 0.3 is 5.97 Å². The summed E-state index contributed by atoms with van der Waals surface area (Å²) in [6.45, 7) is 4.11. The number of ether oxygens (including phenoxy) is 1. The third kappa shape index (κ3) is 5.46. The predicted molar refractivity (Wildman–Crippen MR) is 144 cm³/mol. The van der Waals surface area contributed by atoms with Gasteiger partial charge in [-0.25, -0.2) is 17.8 Å². The zero-order valence-corrected chi connectivity index (χ0v) is 22.6. The van der Waals surface area contributed by atoms with Crippen molar-refractivity contribution in [2.24, 2.45) is 11.8 Å². The number of aromatic nitrogens is 1. The summed E-state index contributed by atoms with van der Waals surface area (Å²) in [5, 5.41) is 9.30. The molecular formula is C30H32FNO5S. The largest absolute Gasteiger partial charge is 0.481 e. The van der Waals surface area contributed by atoms with Crippen LogP contribution in [0, 0.1) is 31.5 Å². The lowest BCUT2D eigenvalue weighted by atomic mass is 9.91. The van der Waals surface area contributed by atoms with Crippen LogP contribution in [-0.2, 0) is 34.1 Å². The van der Waals surface area contributed by atoms with E-state index in [0.29, 0.717) is 24.3 Å². The topological polar surface area (TPSA) is 93.6 Å². The van der Waals surface area contributed by atoms with Crippen LogP contribution < -0.4 is 4.74 Å². The summed E-state index contributed by atoms with van der Waals surface area (Å²) in [7, 11) is -2.94. The third-order valence-corrected chi connectivity index (χ3v) is 8.83. The van der Waals surface area contributed by atoms with Crippen LogP contribution in [-0.4, -0.2) is 36.5 Å². The summed E-state index contributed by atoms with van der Waals surface area (Å²) in [5.41, 5.74) is 7.78. The van der Waals surface area contributed by atoms with Crippen molar-refractivity contribution in [3.8, 4) is 17.0 Å². The Kier molecular flexibility index (Phi) is 7.03. The number of aliphatic carboxylic acids is 1. The van der Waals surface area contributed by atoms with Crippen LogP contribution in [0.1, 0.15) is 52.1 Å². The number of nitrogens with zero attached hydrogens (tertiary/aromatic N) is 1. The first-order chi connectivity index (χ1) is 18.0. The quantitative estimate of drug-likeness (QED) is 0.347. The van der Waals surface area contributed by atoms with Gasteiger partial charge in [-0.1, -0.05) is 18.2 Å². The first kappa shape index (κ1) is 26.4.